The van der Waals surface area contributed by atoms with Gasteiger partial charge in [-0.25, -0.2) is 9.97 Å². The lowest BCUT2D eigenvalue weighted by molar-refractivity contribution is 0.0949. The largest absolute Gasteiger partial charge is 0.366 e. The van der Waals surface area contributed by atoms with E-state index in [-0.39, 0.29) is 5.91 Å². The molecule has 1 aromatic carbocycles. The minimum Gasteiger partial charge on any atom is -0.366 e. The number of benzene rings is 1. The van der Waals surface area contributed by atoms with Crippen molar-refractivity contribution in [2.75, 3.05) is 11.9 Å². The summed E-state index contributed by atoms with van der Waals surface area (Å²) >= 11 is 0. The number of pyridine rings is 1. The molecule has 0 aliphatic heterocycles. The van der Waals surface area contributed by atoms with Crippen LogP contribution in [0.25, 0.3) is 10.9 Å². The van der Waals surface area contributed by atoms with Gasteiger partial charge in [0.05, 0.1) is 0 Å². The predicted octanol–water partition coefficient (Wildman–Crippen LogP) is 2.94. The van der Waals surface area contributed by atoms with E-state index in [0.717, 1.165) is 17.5 Å². The van der Waals surface area contributed by atoms with Crippen molar-refractivity contribution < 1.29 is 4.79 Å². The van der Waals surface area contributed by atoms with Gasteiger partial charge in [0.1, 0.15) is 17.8 Å². The molecule has 7 nitrogen and oxygen atoms in total. The van der Waals surface area contributed by atoms with Crippen LogP contribution in [0, 0.1) is 0 Å². The number of nitrogens with zero attached hydrogens (tertiary/aromatic N) is 3. The molecule has 0 bridgehead atoms. The van der Waals surface area contributed by atoms with E-state index in [1.54, 1.807) is 18.5 Å². The van der Waals surface area contributed by atoms with Crippen LogP contribution in [0.1, 0.15) is 21.6 Å². The van der Waals surface area contributed by atoms with E-state index < -0.39 is 0 Å². The fourth-order valence-electron chi connectivity index (χ4n) is 3.01. The number of para-hydroxylation sites is 1. The van der Waals surface area contributed by atoms with Crippen LogP contribution in [-0.4, -0.2) is 32.4 Å². The molecule has 3 heterocycles. The van der Waals surface area contributed by atoms with Crippen molar-refractivity contribution >= 4 is 22.6 Å². The Balaban J connectivity index is 1.33. The van der Waals surface area contributed by atoms with Crippen LogP contribution in [0.4, 0.5) is 5.82 Å². The number of nitrogens with one attached hydrogen (secondary N) is 3. The Labute approximate surface area is 162 Å². The Morgan fingerprint density at radius 2 is 2.04 bits per heavy atom. The highest BCUT2D eigenvalue weighted by atomic mass is 16.1. The molecule has 0 radical (unpaired) electrons. The number of anilines is 1. The van der Waals surface area contributed by atoms with Gasteiger partial charge in [-0.05, 0) is 29.7 Å². The molecule has 28 heavy (non-hydrogen) atoms. The molecule has 140 valence electrons. The van der Waals surface area contributed by atoms with Crippen LogP contribution in [-0.2, 0) is 13.0 Å². The summed E-state index contributed by atoms with van der Waals surface area (Å²) < 4.78 is 0. The first-order chi connectivity index (χ1) is 13.8. The van der Waals surface area contributed by atoms with Crippen molar-refractivity contribution in [1.29, 1.82) is 0 Å². The molecule has 4 rings (SSSR count). The zero-order valence-electron chi connectivity index (χ0n) is 15.2. The second-order valence-electron chi connectivity index (χ2n) is 6.37. The summed E-state index contributed by atoms with van der Waals surface area (Å²) in [6.45, 7) is 1.11. The molecule has 7 heteroatoms. The molecular weight excluding hydrogens is 352 g/mol. The molecule has 1 amide bonds. The Morgan fingerprint density at radius 3 is 2.93 bits per heavy atom. The first kappa shape index (κ1) is 17.7. The van der Waals surface area contributed by atoms with E-state index >= 15 is 0 Å². The Bertz CT molecular complexity index is 1080. The van der Waals surface area contributed by atoms with E-state index in [9.17, 15) is 4.79 Å². The number of H-pyrrole nitrogens is 1. The summed E-state index contributed by atoms with van der Waals surface area (Å²) in [7, 11) is 0. The number of carbonyl (C=O) groups excluding carboxylic acids is 1. The summed E-state index contributed by atoms with van der Waals surface area (Å²) in [5, 5.41) is 7.28. The maximum atomic E-state index is 12.4. The lowest BCUT2D eigenvalue weighted by atomic mass is 10.1. The van der Waals surface area contributed by atoms with E-state index in [1.165, 1.54) is 17.3 Å². The average Bonchev–Trinajstić information content (AvgIpc) is 3.16. The minimum atomic E-state index is -0.216. The van der Waals surface area contributed by atoms with Gasteiger partial charge < -0.3 is 15.6 Å². The second-order valence-corrected chi connectivity index (χ2v) is 6.37. The molecule has 0 spiro atoms. The number of hydrogen-bond donors (Lipinski definition) is 3. The van der Waals surface area contributed by atoms with Crippen molar-refractivity contribution in [2.45, 2.75) is 13.0 Å². The van der Waals surface area contributed by atoms with E-state index in [1.807, 2.05) is 36.5 Å². The summed E-state index contributed by atoms with van der Waals surface area (Å²) in [5.74, 6) is 0.382. The van der Waals surface area contributed by atoms with Crippen LogP contribution in [0.2, 0.25) is 0 Å². The molecule has 0 aliphatic carbocycles. The van der Waals surface area contributed by atoms with Crippen LogP contribution >= 0.6 is 0 Å². The third-order valence-corrected chi connectivity index (χ3v) is 4.45. The van der Waals surface area contributed by atoms with Crippen LogP contribution in [0.15, 0.2) is 67.4 Å². The first-order valence-corrected chi connectivity index (χ1v) is 9.07. The number of aromatic nitrogens is 4. The molecule has 4 aromatic rings. The van der Waals surface area contributed by atoms with Gasteiger partial charge in [0.25, 0.3) is 5.91 Å². The standard InChI is InChI=1S/C21H20N6O/c28-21(23-9-7-16-13-24-18-6-2-1-5-17(16)18)19-10-20(27-14-26-19)25-12-15-4-3-8-22-11-15/h1-6,8,10-11,13-14,24H,7,9,12H2,(H,23,28)(H,25,26,27). The van der Waals surface area contributed by atoms with E-state index in [0.29, 0.717) is 24.6 Å². The van der Waals surface area contributed by atoms with Crippen molar-refractivity contribution in [3.63, 3.8) is 0 Å². The monoisotopic (exact) mass is 372 g/mol. The molecule has 0 atom stereocenters. The van der Waals surface area contributed by atoms with Crippen molar-refractivity contribution in [3.05, 3.63) is 84.2 Å². The van der Waals surface area contributed by atoms with Gasteiger partial charge in [-0.2, -0.15) is 0 Å². The van der Waals surface area contributed by atoms with Gasteiger partial charge in [0.15, 0.2) is 0 Å². The van der Waals surface area contributed by atoms with Gasteiger partial charge in [-0.1, -0.05) is 24.3 Å². The van der Waals surface area contributed by atoms with Gasteiger partial charge >= 0.3 is 0 Å². The van der Waals surface area contributed by atoms with Gasteiger partial charge in [-0.15, -0.1) is 0 Å². The van der Waals surface area contributed by atoms with Crippen LogP contribution in [0.5, 0.6) is 0 Å². The third-order valence-electron chi connectivity index (χ3n) is 4.45. The summed E-state index contributed by atoms with van der Waals surface area (Å²) in [6.07, 6.45) is 7.63. The molecule has 0 unspecified atom stereocenters. The highest BCUT2D eigenvalue weighted by molar-refractivity contribution is 5.92. The Kier molecular flexibility index (Phi) is 5.24. The maximum absolute atomic E-state index is 12.4. The number of aromatic amines is 1. The molecular formula is C21H20N6O. The Morgan fingerprint density at radius 1 is 1.11 bits per heavy atom. The summed E-state index contributed by atoms with van der Waals surface area (Å²) in [6, 6.07) is 13.6. The first-order valence-electron chi connectivity index (χ1n) is 9.07. The maximum Gasteiger partial charge on any atom is 0.270 e. The van der Waals surface area contributed by atoms with Crippen LogP contribution < -0.4 is 10.6 Å². The van der Waals surface area contributed by atoms with Crippen LogP contribution in [0.3, 0.4) is 0 Å². The van der Waals surface area contributed by atoms with Crippen molar-refractivity contribution in [1.82, 2.24) is 25.3 Å². The quantitative estimate of drug-likeness (QED) is 0.464. The highest BCUT2D eigenvalue weighted by Gasteiger charge is 2.09. The molecule has 3 N–H and O–H groups in total. The van der Waals surface area contributed by atoms with Gasteiger partial charge in [-0.3, -0.25) is 9.78 Å². The normalized spacial score (nSPS) is 10.7. The predicted molar refractivity (Wildman–Crippen MR) is 108 cm³/mol. The number of fused-ring (bicyclic) bond motifs is 1. The topological polar surface area (TPSA) is 95.6 Å². The molecule has 0 saturated heterocycles. The number of rotatable bonds is 7. The van der Waals surface area contributed by atoms with E-state index in [4.69, 9.17) is 0 Å². The molecule has 3 aromatic heterocycles. The highest BCUT2D eigenvalue weighted by Crippen LogP contribution is 2.17. The van der Waals surface area contributed by atoms with Gasteiger partial charge in [0, 0.05) is 48.6 Å². The second kappa shape index (κ2) is 8.30. The summed E-state index contributed by atoms with van der Waals surface area (Å²) in [4.78, 5) is 28.0. The number of carbonyl (C=O) groups is 1. The number of amides is 1. The SMILES string of the molecule is O=C(NCCc1c[nH]c2ccccc12)c1cc(NCc2cccnc2)ncn1. The average molecular weight is 372 g/mol. The zero-order valence-corrected chi connectivity index (χ0v) is 15.2. The molecule has 0 saturated carbocycles. The van der Waals surface area contributed by atoms with Gasteiger partial charge in [0.2, 0.25) is 0 Å². The van der Waals surface area contributed by atoms with E-state index in [2.05, 4.69) is 36.6 Å². The fourth-order valence-corrected chi connectivity index (χ4v) is 3.01. The van der Waals surface area contributed by atoms with Crippen molar-refractivity contribution in [3.8, 4) is 0 Å². The zero-order chi connectivity index (χ0) is 19.2. The number of hydrogen-bond acceptors (Lipinski definition) is 5. The minimum absolute atomic E-state index is 0.216. The fraction of sp³-hybridized carbons (Fsp3) is 0.143. The Hall–Kier alpha value is -3.74. The smallest absolute Gasteiger partial charge is 0.270 e. The lowest BCUT2D eigenvalue weighted by Gasteiger charge is -2.07. The third kappa shape index (κ3) is 4.15. The lowest BCUT2D eigenvalue weighted by Crippen LogP contribution is -2.26. The summed E-state index contributed by atoms with van der Waals surface area (Å²) in [5.41, 5.74) is 3.65. The molecule has 0 fully saturated rings. The molecule has 0 aliphatic rings. The van der Waals surface area contributed by atoms with Crippen molar-refractivity contribution in [2.24, 2.45) is 0 Å².